The number of rotatable bonds is 8. The Labute approximate surface area is 179 Å². The molecule has 1 aromatic heterocycles. The summed E-state index contributed by atoms with van der Waals surface area (Å²) in [4.78, 5) is 15.4. The van der Waals surface area contributed by atoms with Gasteiger partial charge in [0.05, 0.1) is 24.2 Å². The number of aromatic nitrogens is 1. The second-order valence-electron chi connectivity index (χ2n) is 8.38. The first-order valence-electron chi connectivity index (χ1n) is 10.6. The molecule has 0 amide bonds. The Bertz CT molecular complexity index is 893. The maximum atomic E-state index is 13.0. The van der Waals surface area contributed by atoms with E-state index in [0.29, 0.717) is 23.8 Å². The number of benzene rings is 1. The molecule has 0 aliphatic heterocycles. The molecule has 0 saturated heterocycles. The fourth-order valence-electron chi connectivity index (χ4n) is 3.98. The van der Waals surface area contributed by atoms with E-state index in [9.17, 15) is 18.0 Å². The standard InChI is InChI=1S/C23H28F3NO4/c1-14(22(28)29)9-10-16-5-3-8-19(11-16)30-13-20-15(2)31-21(27-20)17-6-4-7-18(12-17)23(24,25)26/h4,6-7,12,14,16,19H,3,5,8-11,13H2,1-2H3,(H,28,29). The van der Waals surface area contributed by atoms with Gasteiger partial charge in [-0.2, -0.15) is 13.2 Å². The summed E-state index contributed by atoms with van der Waals surface area (Å²) >= 11 is 0. The number of aliphatic carboxylic acids is 1. The van der Waals surface area contributed by atoms with Crippen molar-refractivity contribution in [3.05, 3.63) is 41.3 Å². The van der Waals surface area contributed by atoms with E-state index in [1.807, 2.05) is 0 Å². The van der Waals surface area contributed by atoms with Gasteiger partial charge in [0.15, 0.2) is 0 Å². The molecule has 1 aliphatic rings. The van der Waals surface area contributed by atoms with Crippen molar-refractivity contribution in [2.75, 3.05) is 0 Å². The predicted molar refractivity (Wildman–Crippen MR) is 108 cm³/mol. The van der Waals surface area contributed by atoms with Crippen LogP contribution in [-0.4, -0.2) is 22.2 Å². The summed E-state index contributed by atoms with van der Waals surface area (Å²) in [5.74, 6) is 0.0103. The van der Waals surface area contributed by atoms with Crippen LogP contribution in [0.2, 0.25) is 0 Å². The highest BCUT2D eigenvalue weighted by atomic mass is 19.4. The molecule has 5 nitrogen and oxygen atoms in total. The summed E-state index contributed by atoms with van der Waals surface area (Å²) in [6.07, 6.45) is 1.09. The van der Waals surface area contributed by atoms with Crippen molar-refractivity contribution >= 4 is 5.97 Å². The van der Waals surface area contributed by atoms with Gasteiger partial charge in [0.1, 0.15) is 11.5 Å². The molecule has 1 heterocycles. The highest BCUT2D eigenvalue weighted by Crippen LogP contribution is 2.33. The lowest BCUT2D eigenvalue weighted by Gasteiger charge is -2.29. The molecule has 8 heteroatoms. The summed E-state index contributed by atoms with van der Waals surface area (Å²) in [6, 6.07) is 4.91. The highest BCUT2D eigenvalue weighted by molar-refractivity contribution is 5.69. The van der Waals surface area contributed by atoms with E-state index in [1.54, 1.807) is 13.8 Å². The summed E-state index contributed by atoms with van der Waals surface area (Å²) in [5, 5.41) is 9.04. The summed E-state index contributed by atoms with van der Waals surface area (Å²) in [5.41, 5.74) is 0.104. The Balaban J connectivity index is 1.58. The van der Waals surface area contributed by atoms with Gasteiger partial charge in [0.25, 0.3) is 0 Å². The molecule has 3 unspecified atom stereocenters. The van der Waals surface area contributed by atoms with Crippen LogP contribution in [0.5, 0.6) is 0 Å². The van der Waals surface area contributed by atoms with Crippen LogP contribution in [0.15, 0.2) is 28.7 Å². The van der Waals surface area contributed by atoms with E-state index in [0.717, 1.165) is 44.2 Å². The van der Waals surface area contributed by atoms with E-state index < -0.39 is 17.7 Å². The van der Waals surface area contributed by atoms with Crippen molar-refractivity contribution in [1.29, 1.82) is 0 Å². The van der Waals surface area contributed by atoms with Crippen molar-refractivity contribution in [2.24, 2.45) is 11.8 Å². The van der Waals surface area contributed by atoms with Crippen LogP contribution < -0.4 is 0 Å². The average molecular weight is 439 g/mol. The number of nitrogens with zero attached hydrogens (tertiary/aromatic N) is 1. The lowest BCUT2D eigenvalue weighted by atomic mass is 9.83. The van der Waals surface area contributed by atoms with Crippen LogP contribution in [0.4, 0.5) is 13.2 Å². The van der Waals surface area contributed by atoms with Crippen LogP contribution in [0.1, 0.15) is 62.5 Å². The van der Waals surface area contributed by atoms with Gasteiger partial charge in [0, 0.05) is 5.56 Å². The van der Waals surface area contributed by atoms with Crippen molar-refractivity contribution in [3.63, 3.8) is 0 Å². The number of hydrogen-bond acceptors (Lipinski definition) is 4. The maximum absolute atomic E-state index is 13.0. The van der Waals surface area contributed by atoms with Gasteiger partial charge < -0.3 is 14.3 Å². The molecule has 0 radical (unpaired) electrons. The smallest absolute Gasteiger partial charge is 0.416 e. The van der Waals surface area contributed by atoms with Crippen molar-refractivity contribution < 1.29 is 32.2 Å². The zero-order valence-electron chi connectivity index (χ0n) is 17.7. The minimum Gasteiger partial charge on any atom is -0.481 e. The second kappa shape index (κ2) is 9.85. The Morgan fingerprint density at radius 3 is 2.84 bits per heavy atom. The molecule has 2 aromatic rings. The number of ether oxygens (including phenoxy) is 1. The predicted octanol–water partition coefficient (Wildman–Crippen LogP) is 6.25. The van der Waals surface area contributed by atoms with Crippen molar-refractivity contribution in [2.45, 2.75) is 71.3 Å². The van der Waals surface area contributed by atoms with Crippen molar-refractivity contribution in [3.8, 4) is 11.5 Å². The van der Waals surface area contributed by atoms with Gasteiger partial charge in [-0.15, -0.1) is 0 Å². The normalized spacial score (nSPS) is 20.5. The lowest BCUT2D eigenvalue weighted by molar-refractivity contribution is -0.141. The summed E-state index contributed by atoms with van der Waals surface area (Å²) < 4.78 is 50.5. The lowest BCUT2D eigenvalue weighted by Crippen LogP contribution is -2.24. The molecule has 1 N–H and O–H groups in total. The minimum atomic E-state index is -4.43. The largest absolute Gasteiger partial charge is 0.481 e. The minimum absolute atomic E-state index is 0.0620. The quantitative estimate of drug-likeness (QED) is 0.527. The molecule has 3 atom stereocenters. The monoisotopic (exact) mass is 439 g/mol. The molecule has 1 saturated carbocycles. The van der Waals surface area contributed by atoms with Crippen LogP contribution in [0.3, 0.4) is 0 Å². The molecular formula is C23H28F3NO4. The van der Waals surface area contributed by atoms with Gasteiger partial charge in [-0.25, -0.2) is 4.98 Å². The van der Waals surface area contributed by atoms with Crippen LogP contribution >= 0.6 is 0 Å². The topological polar surface area (TPSA) is 72.6 Å². The number of hydrogen-bond donors (Lipinski definition) is 1. The Morgan fingerprint density at radius 1 is 1.35 bits per heavy atom. The molecule has 1 aliphatic carbocycles. The molecule has 3 rings (SSSR count). The number of carboxylic acid groups (broad SMARTS) is 1. The van der Waals surface area contributed by atoms with Gasteiger partial charge in [-0.1, -0.05) is 25.8 Å². The first-order valence-corrected chi connectivity index (χ1v) is 10.6. The van der Waals surface area contributed by atoms with Crippen LogP contribution in [0, 0.1) is 18.8 Å². The number of carbonyl (C=O) groups is 1. The Morgan fingerprint density at radius 2 is 2.13 bits per heavy atom. The maximum Gasteiger partial charge on any atom is 0.416 e. The fraction of sp³-hybridized carbons (Fsp3) is 0.565. The molecule has 1 aromatic carbocycles. The number of halogens is 3. The molecule has 31 heavy (non-hydrogen) atoms. The second-order valence-corrected chi connectivity index (χ2v) is 8.38. The average Bonchev–Trinajstić information content (AvgIpc) is 3.11. The number of alkyl halides is 3. The van der Waals surface area contributed by atoms with Gasteiger partial charge >= 0.3 is 12.1 Å². The van der Waals surface area contributed by atoms with Gasteiger partial charge in [-0.3, -0.25) is 4.79 Å². The fourth-order valence-corrected chi connectivity index (χ4v) is 3.98. The van der Waals surface area contributed by atoms with Gasteiger partial charge in [0.2, 0.25) is 5.89 Å². The Kier molecular flexibility index (Phi) is 7.41. The third-order valence-corrected chi connectivity index (χ3v) is 5.95. The zero-order chi connectivity index (χ0) is 22.6. The zero-order valence-corrected chi connectivity index (χ0v) is 17.7. The first-order chi connectivity index (χ1) is 14.6. The van der Waals surface area contributed by atoms with E-state index in [1.165, 1.54) is 12.1 Å². The van der Waals surface area contributed by atoms with E-state index in [-0.39, 0.29) is 30.1 Å². The van der Waals surface area contributed by atoms with Crippen LogP contribution in [0.25, 0.3) is 11.5 Å². The number of aryl methyl sites for hydroxylation is 1. The van der Waals surface area contributed by atoms with Crippen molar-refractivity contribution in [1.82, 2.24) is 4.98 Å². The molecule has 0 bridgehead atoms. The molecule has 170 valence electrons. The molecule has 1 fully saturated rings. The summed E-state index contributed by atoms with van der Waals surface area (Å²) in [6.45, 7) is 3.69. The Hall–Kier alpha value is -2.35. The van der Waals surface area contributed by atoms with Gasteiger partial charge in [-0.05, 0) is 56.7 Å². The molecular weight excluding hydrogens is 411 g/mol. The first kappa shape index (κ1) is 23.3. The SMILES string of the molecule is Cc1oc(-c2cccc(C(F)(F)F)c2)nc1COC1CCCC(CCC(C)C(=O)O)C1. The van der Waals surface area contributed by atoms with E-state index >= 15 is 0 Å². The molecule has 0 spiro atoms. The van der Waals surface area contributed by atoms with E-state index in [4.69, 9.17) is 14.3 Å². The van der Waals surface area contributed by atoms with E-state index in [2.05, 4.69) is 4.98 Å². The third-order valence-electron chi connectivity index (χ3n) is 5.95. The summed E-state index contributed by atoms with van der Waals surface area (Å²) in [7, 11) is 0. The highest BCUT2D eigenvalue weighted by Gasteiger charge is 2.31. The number of carboxylic acids is 1. The van der Waals surface area contributed by atoms with Crippen LogP contribution in [-0.2, 0) is 22.3 Å². The number of oxazole rings is 1. The third kappa shape index (κ3) is 6.32.